The SMILES string of the molecule is CCOc1cc2c(cc1CN[C@@H](Cc1ccsc1)c1ncccc1C)OCO2. The summed E-state index contributed by atoms with van der Waals surface area (Å²) in [6.07, 6.45) is 2.74. The summed E-state index contributed by atoms with van der Waals surface area (Å²) in [6, 6.07) is 10.3. The summed E-state index contributed by atoms with van der Waals surface area (Å²) in [5.74, 6) is 2.33. The van der Waals surface area contributed by atoms with E-state index in [0.717, 1.165) is 34.9 Å². The maximum atomic E-state index is 5.84. The molecule has 3 aromatic rings. The van der Waals surface area contributed by atoms with Crippen LogP contribution < -0.4 is 19.5 Å². The average molecular weight is 397 g/mol. The highest BCUT2D eigenvalue weighted by Crippen LogP contribution is 2.38. The number of aromatic nitrogens is 1. The molecule has 0 spiro atoms. The molecule has 1 aliphatic rings. The summed E-state index contributed by atoms with van der Waals surface area (Å²) in [7, 11) is 0. The molecular weight excluding hydrogens is 372 g/mol. The molecule has 0 saturated heterocycles. The lowest BCUT2D eigenvalue weighted by Crippen LogP contribution is -2.25. The molecule has 0 bridgehead atoms. The Labute approximate surface area is 169 Å². The Balaban J connectivity index is 1.58. The third-order valence-electron chi connectivity index (χ3n) is 4.79. The molecule has 28 heavy (non-hydrogen) atoms. The summed E-state index contributed by atoms with van der Waals surface area (Å²) in [5.41, 5.74) is 4.62. The van der Waals surface area contributed by atoms with E-state index in [-0.39, 0.29) is 12.8 Å². The minimum absolute atomic E-state index is 0.107. The maximum absolute atomic E-state index is 5.84. The Morgan fingerprint density at radius 2 is 2.11 bits per heavy atom. The maximum Gasteiger partial charge on any atom is 0.231 e. The number of nitrogens with zero attached hydrogens (tertiary/aromatic N) is 1. The Morgan fingerprint density at radius 1 is 1.25 bits per heavy atom. The molecule has 1 aromatic carbocycles. The van der Waals surface area contributed by atoms with Gasteiger partial charge in [0.25, 0.3) is 0 Å². The molecule has 4 rings (SSSR count). The highest BCUT2D eigenvalue weighted by molar-refractivity contribution is 7.07. The van der Waals surface area contributed by atoms with E-state index in [0.29, 0.717) is 13.2 Å². The van der Waals surface area contributed by atoms with Gasteiger partial charge in [0.1, 0.15) is 5.75 Å². The molecule has 0 radical (unpaired) electrons. The van der Waals surface area contributed by atoms with Crippen LogP contribution in [-0.4, -0.2) is 18.4 Å². The fraction of sp³-hybridized carbons (Fsp3) is 0.318. The predicted molar refractivity (Wildman–Crippen MR) is 110 cm³/mol. The van der Waals surface area contributed by atoms with E-state index < -0.39 is 0 Å². The van der Waals surface area contributed by atoms with Crippen LogP contribution in [0, 0.1) is 6.92 Å². The molecule has 2 aromatic heterocycles. The number of benzene rings is 1. The minimum atomic E-state index is 0.107. The fourth-order valence-corrected chi connectivity index (χ4v) is 4.08. The van der Waals surface area contributed by atoms with Crippen LogP contribution in [0.4, 0.5) is 0 Å². The Morgan fingerprint density at radius 3 is 2.86 bits per heavy atom. The number of ether oxygens (including phenoxy) is 3. The first-order valence-corrected chi connectivity index (χ1v) is 10.4. The molecule has 6 heteroatoms. The van der Waals surface area contributed by atoms with Gasteiger partial charge in [0.05, 0.1) is 18.3 Å². The second-order valence-electron chi connectivity index (χ2n) is 6.72. The largest absolute Gasteiger partial charge is 0.493 e. The standard InChI is InChI=1S/C22H24N2O3S/c1-3-25-19-11-21-20(26-14-27-21)10-17(19)12-24-18(9-16-6-8-28-13-16)22-15(2)5-4-7-23-22/h4-8,10-11,13,18,24H,3,9,12,14H2,1-2H3/t18-/m0/s1. The lowest BCUT2D eigenvalue weighted by molar-refractivity contribution is 0.173. The Hall–Kier alpha value is -2.57. The number of pyridine rings is 1. The van der Waals surface area contributed by atoms with Crippen LogP contribution in [0.2, 0.25) is 0 Å². The third-order valence-corrected chi connectivity index (χ3v) is 5.53. The zero-order valence-corrected chi connectivity index (χ0v) is 16.9. The van der Waals surface area contributed by atoms with Crippen LogP contribution in [0.5, 0.6) is 17.2 Å². The van der Waals surface area contributed by atoms with E-state index in [9.17, 15) is 0 Å². The molecule has 0 unspecified atom stereocenters. The molecule has 1 N–H and O–H groups in total. The Bertz CT molecular complexity index is 928. The van der Waals surface area contributed by atoms with Gasteiger partial charge in [-0.25, -0.2) is 0 Å². The first-order chi connectivity index (χ1) is 13.7. The monoisotopic (exact) mass is 396 g/mol. The van der Waals surface area contributed by atoms with Crippen LogP contribution in [0.1, 0.15) is 35.3 Å². The molecule has 0 aliphatic carbocycles. The van der Waals surface area contributed by atoms with Crippen molar-refractivity contribution in [1.29, 1.82) is 0 Å². The van der Waals surface area contributed by atoms with E-state index in [4.69, 9.17) is 14.2 Å². The normalized spacial score (nSPS) is 13.5. The van der Waals surface area contributed by atoms with Crippen LogP contribution in [0.3, 0.4) is 0 Å². The molecule has 1 aliphatic heterocycles. The molecule has 1 atom stereocenters. The molecule has 5 nitrogen and oxygen atoms in total. The number of rotatable bonds is 8. The van der Waals surface area contributed by atoms with Gasteiger partial charge in [0, 0.05) is 24.4 Å². The van der Waals surface area contributed by atoms with Crippen molar-refractivity contribution < 1.29 is 14.2 Å². The quantitative estimate of drug-likeness (QED) is 0.600. The molecule has 0 amide bonds. The van der Waals surface area contributed by atoms with Crippen molar-refractivity contribution >= 4 is 11.3 Å². The number of nitrogens with one attached hydrogen (secondary N) is 1. The number of hydrogen-bond donors (Lipinski definition) is 1. The zero-order chi connectivity index (χ0) is 19.3. The summed E-state index contributed by atoms with van der Waals surface area (Å²) in [5, 5.41) is 7.99. The molecule has 0 saturated carbocycles. The van der Waals surface area contributed by atoms with Crippen molar-refractivity contribution in [2.45, 2.75) is 32.9 Å². The molecule has 146 valence electrons. The van der Waals surface area contributed by atoms with E-state index in [1.54, 1.807) is 11.3 Å². The Kier molecular flexibility index (Phi) is 5.78. The summed E-state index contributed by atoms with van der Waals surface area (Å²) >= 11 is 1.72. The van der Waals surface area contributed by atoms with Crippen LogP contribution in [0.25, 0.3) is 0 Å². The van der Waals surface area contributed by atoms with Gasteiger partial charge < -0.3 is 19.5 Å². The molecule has 0 fully saturated rings. The third kappa shape index (κ3) is 4.13. The van der Waals surface area contributed by atoms with Gasteiger partial charge in [-0.3, -0.25) is 4.98 Å². The first-order valence-electron chi connectivity index (χ1n) is 9.46. The number of hydrogen-bond acceptors (Lipinski definition) is 6. The van der Waals surface area contributed by atoms with Gasteiger partial charge >= 0.3 is 0 Å². The number of aryl methyl sites for hydroxylation is 1. The lowest BCUT2D eigenvalue weighted by Gasteiger charge is -2.21. The van der Waals surface area contributed by atoms with Crippen LogP contribution in [-0.2, 0) is 13.0 Å². The molecule has 3 heterocycles. The van der Waals surface area contributed by atoms with E-state index in [2.05, 4.69) is 40.1 Å². The lowest BCUT2D eigenvalue weighted by atomic mass is 10.0. The number of fused-ring (bicyclic) bond motifs is 1. The highest BCUT2D eigenvalue weighted by Gasteiger charge is 2.20. The van der Waals surface area contributed by atoms with E-state index in [1.807, 2.05) is 31.3 Å². The average Bonchev–Trinajstić information content (AvgIpc) is 3.37. The van der Waals surface area contributed by atoms with Crippen molar-refractivity contribution in [2.24, 2.45) is 0 Å². The van der Waals surface area contributed by atoms with Crippen molar-refractivity contribution in [2.75, 3.05) is 13.4 Å². The zero-order valence-electron chi connectivity index (χ0n) is 16.1. The van der Waals surface area contributed by atoms with Gasteiger partial charge in [-0.05, 0) is 60.4 Å². The number of thiophene rings is 1. The van der Waals surface area contributed by atoms with Gasteiger partial charge in [-0.1, -0.05) is 6.07 Å². The van der Waals surface area contributed by atoms with Crippen molar-refractivity contribution in [1.82, 2.24) is 10.3 Å². The fourth-order valence-electron chi connectivity index (χ4n) is 3.40. The van der Waals surface area contributed by atoms with Crippen molar-refractivity contribution in [3.8, 4) is 17.2 Å². The van der Waals surface area contributed by atoms with E-state index in [1.165, 1.54) is 11.1 Å². The minimum Gasteiger partial charge on any atom is -0.493 e. The van der Waals surface area contributed by atoms with Crippen molar-refractivity contribution in [3.05, 3.63) is 69.7 Å². The smallest absolute Gasteiger partial charge is 0.231 e. The van der Waals surface area contributed by atoms with Gasteiger partial charge in [-0.15, -0.1) is 0 Å². The first kappa shape index (κ1) is 18.8. The van der Waals surface area contributed by atoms with Crippen LogP contribution in [0.15, 0.2) is 47.3 Å². The summed E-state index contributed by atoms with van der Waals surface area (Å²) < 4.78 is 16.9. The predicted octanol–water partition coefficient (Wildman–Crippen LogP) is 4.65. The van der Waals surface area contributed by atoms with Crippen LogP contribution >= 0.6 is 11.3 Å². The molecular formula is C22H24N2O3S. The van der Waals surface area contributed by atoms with Gasteiger partial charge in [0.15, 0.2) is 11.5 Å². The second kappa shape index (κ2) is 8.63. The highest BCUT2D eigenvalue weighted by atomic mass is 32.1. The second-order valence-corrected chi connectivity index (χ2v) is 7.50. The summed E-state index contributed by atoms with van der Waals surface area (Å²) in [6.45, 7) is 5.60. The van der Waals surface area contributed by atoms with Gasteiger partial charge in [-0.2, -0.15) is 11.3 Å². The van der Waals surface area contributed by atoms with E-state index >= 15 is 0 Å². The topological polar surface area (TPSA) is 52.6 Å². The van der Waals surface area contributed by atoms with Gasteiger partial charge in [0.2, 0.25) is 6.79 Å². The van der Waals surface area contributed by atoms with Crippen molar-refractivity contribution in [3.63, 3.8) is 0 Å². The summed E-state index contributed by atoms with van der Waals surface area (Å²) in [4.78, 5) is 4.65.